The highest BCUT2D eigenvalue weighted by Crippen LogP contribution is 2.17. The Balaban J connectivity index is 1.60. The fourth-order valence-electron chi connectivity index (χ4n) is 5.00. The van der Waals surface area contributed by atoms with Crippen LogP contribution in [0.5, 0.6) is 0 Å². The summed E-state index contributed by atoms with van der Waals surface area (Å²) in [6, 6.07) is 8.52. The molecule has 222 valence electrons. The lowest BCUT2D eigenvalue weighted by Gasteiger charge is -2.28. The Labute approximate surface area is 251 Å². The topological polar surface area (TPSA) is 80.3 Å². The molecular formula is C30H48IN7O2. The molecule has 2 heterocycles. The molecule has 0 radical (unpaired) electrons. The van der Waals surface area contributed by atoms with Crippen LogP contribution in [0.2, 0.25) is 0 Å². The Bertz CT molecular complexity index is 1050. The number of benzene rings is 1. The number of aromatic nitrogens is 2. The van der Waals surface area contributed by atoms with Gasteiger partial charge in [-0.15, -0.1) is 0 Å². The molecule has 1 aromatic carbocycles. The van der Waals surface area contributed by atoms with E-state index in [0.717, 1.165) is 76.6 Å². The zero-order chi connectivity index (χ0) is 28.7. The molecule has 0 aliphatic carbocycles. The van der Waals surface area contributed by atoms with E-state index in [1.807, 2.05) is 20.2 Å². The Kier molecular flexibility index (Phi) is 14.3. The fraction of sp³-hybridized carbons (Fsp3) is 0.600. The number of carbonyl (C=O) groups excluding carboxylic acids is 1. The number of nitrogens with one attached hydrogen (secondary N) is 1. The largest absolute Gasteiger partial charge is 0.465 e. The Morgan fingerprint density at radius 2 is 1.70 bits per heavy atom. The van der Waals surface area contributed by atoms with Crippen LogP contribution in [0, 0.1) is 0 Å². The van der Waals surface area contributed by atoms with Crippen LogP contribution >= 0.6 is 21.0 Å². The van der Waals surface area contributed by atoms with Crippen molar-refractivity contribution in [1.29, 1.82) is 0 Å². The first kappa shape index (κ1) is 32.4. The molecule has 0 amide bonds. The summed E-state index contributed by atoms with van der Waals surface area (Å²) >= 11 is -0.221. The van der Waals surface area contributed by atoms with Gasteiger partial charge in [0.25, 0.3) is 0 Å². The average Bonchev–Trinajstić information content (AvgIpc) is 3.59. The SMILES string of the molecule is CCCN(CCC)CCC[C@@H](C(=O)OCC)N(C)Cc1ccc(CN(CC2=NI=CN2C)Cc2ncc[nH]2)cc1. The minimum Gasteiger partial charge on any atom is -0.465 e. The number of likely N-dealkylation sites (N-methyl/N-ethyl adjacent to an activating group) is 2. The molecule has 40 heavy (non-hydrogen) atoms. The van der Waals surface area contributed by atoms with E-state index in [1.165, 1.54) is 11.1 Å². The lowest BCUT2D eigenvalue weighted by molar-refractivity contribution is -0.149. The van der Waals surface area contributed by atoms with Crippen molar-refractivity contribution in [2.75, 3.05) is 46.9 Å². The minimum atomic E-state index is -0.239. The highest BCUT2D eigenvalue weighted by atomic mass is 127. The summed E-state index contributed by atoms with van der Waals surface area (Å²) in [5.74, 6) is 1.96. The summed E-state index contributed by atoms with van der Waals surface area (Å²) in [7, 11) is 4.12. The van der Waals surface area contributed by atoms with Gasteiger partial charge in [-0.2, -0.15) is 0 Å². The monoisotopic (exact) mass is 665 g/mol. The summed E-state index contributed by atoms with van der Waals surface area (Å²) in [6.07, 6.45) is 7.77. The molecule has 0 fully saturated rings. The van der Waals surface area contributed by atoms with Crippen LogP contribution in [-0.4, -0.2) is 98.4 Å². The molecule has 2 aromatic rings. The number of nitrogens with zero attached hydrogens (tertiary/aromatic N) is 6. The summed E-state index contributed by atoms with van der Waals surface area (Å²) < 4.78 is 12.4. The molecule has 0 saturated carbocycles. The lowest BCUT2D eigenvalue weighted by Crippen LogP contribution is -2.40. The molecule has 3 rings (SSSR count). The molecule has 1 aliphatic rings. The van der Waals surface area contributed by atoms with E-state index < -0.39 is 0 Å². The Morgan fingerprint density at radius 3 is 2.27 bits per heavy atom. The number of hydrogen-bond acceptors (Lipinski definition) is 8. The van der Waals surface area contributed by atoms with E-state index in [0.29, 0.717) is 13.2 Å². The van der Waals surface area contributed by atoms with Gasteiger partial charge in [0.1, 0.15) is 17.7 Å². The van der Waals surface area contributed by atoms with Gasteiger partial charge in [0.05, 0.1) is 23.8 Å². The molecule has 0 saturated heterocycles. The first-order chi connectivity index (χ1) is 19.4. The molecule has 9 nitrogen and oxygen atoms in total. The summed E-state index contributed by atoms with van der Waals surface area (Å²) in [4.78, 5) is 29.7. The van der Waals surface area contributed by atoms with Crippen molar-refractivity contribution in [3.05, 3.63) is 53.6 Å². The van der Waals surface area contributed by atoms with Crippen LogP contribution in [0.4, 0.5) is 0 Å². The van der Waals surface area contributed by atoms with Crippen molar-refractivity contribution in [1.82, 2.24) is 29.6 Å². The van der Waals surface area contributed by atoms with Crippen LogP contribution < -0.4 is 0 Å². The van der Waals surface area contributed by atoms with Crippen molar-refractivity contribution in [3.63, 3.8) is 0 Å². The van der Waals surface area contributed by atoms with Gasteiger partial charge in [0.15, 0.2) is 0 Å². The molecule has 0 spiro atoms. The zero-order valence-electron chi connectivity index (χ0n) is 25.0. The van der Waals surface area contributed by atoms with E-state index in [1.54, 1.807) is 6.20 Å². The molecule has 1 aliphatic heterocycles. The second kappa shape index (κ2) is 17.6. The van der Waals surface area contributed by atoms with Crippen LogP contribution in [-0.2, 0) is 29.2 Å². The predicted molar refractivity (Wildman–Crippen MR) is 173 cm³/mol. The fourth-order valence-corrected chi connectivity index (χ4v) is 6.64. The van der Waals surface area contributed by atoms with Gasteiger partial charge in [-0.25, -0.2) is 8.19 Å². The van der Waals surface area contributed by atoms with Gasteiger partial charge >= 0.3 is 5.97 Å². The number of aromatic amines is 1. The molecule has 1 N–H and O–H groups in total. The van der Waals surface area contributed by atoms with Gasteiger partial charge in [-0.05, 0) is 70.4 Å². The van der Waals surface area contributed by atoms with Crippen molar-refractivity contribution in [3.8, 4) is 0 Å². The normalized spacial score (nSPS) is 14.2. The maximum atomic E-state index is 12.9. The van der Waals surface area contributed by atoms with E-state index >= 15 is 0 Å². The van der Waals surface area contributed by atoms with Crippen LogP contribution in [0.3, 0.4) is 0 Å². The number of esters is 1. The lowest BCUT2D eigenvalue weighted by atomic mass is 10.1. The summed E-state index contributed by atoms with van der Waals surface area (Å²) in [6.45, 7) is 13.0. The highest BCUT2D eigenvalue weighted by molar-refractivity contribution is 14.2. The number of amidine groups is 1. The van der Waals surface area contributed by atoms with E-state index in [9.17, 15) is 4.79 Å². The third-order valence-electron chi connectivity index (χ3n) is 7.02. The Morgan fingerprint density at radius 1 is 1.00 bits per heavy atom. The summed E-state index contributed by atoms with van der Waals surface area (Å²) in [5, 5.41) is 0. The number of carbonyl (C=O) groups is 1. The number of H-pyrrole nitrogens is 1. The number of rotatable bonds is 19. The number of imidazole rings is 1. The van der Waals surface area contributed by atoms with Crippen molar-refractivity contribution < 1.29 is 9.53 Å². The van der Waals surface area contributed by atoms with Crippen molar-refractivity contribution >= 4 is 36.9 Å². The number of halogens is 1. The van der Waals surface area contributed by atoms with E-state index in [4.69, 9.17) is 7.94 Å². The molecule has 0 bridgehead atoms. The van der Waals surface area contributed by atoms with Gasteiger partial charge in [-0.3, -0.25) is 14.6 Å². The number of ether oxygens (including phenoxy) is 1. The smallest absolute Gasteiger partial charge is 0.323 e. The van der Waals surface area contributed by atoms with Gasteiger partial charge in [0, 0.05) is 53.5 Å². The third-order valence-corrected chi connectivity index (χ3v) is 8.94. The van der Waals surface area contributed by atoms with Gasteiger partial charge in [-0.1, -0.05) is 38.1 Å². The summed E-state index contributed by atoms with van der Waals surface area (Å²) in [5.41, 5.74) is 2.43. The minimum absolute atomic E-state index is 0.118. The van der Waals surface area contributed by atoms with Crippen molar-refractivity contribution in [2.45, 2.75) is 72.1 Å². The van der Waals surface area contributed by atoms with Gasteiger partial charge in [0.2, 0.25) is 0 Å². The second-order valence-corrected chi connectivity index (χ2v) is 12.1. The average molecular weight is 666 g/mol. The Hall–Kier alpha value is -2.15. The van der Waals surface area contributed by atoms with E-state index in [-0.39, 0.29) is 33.0 Å². The highest BCUT2D eigenvalue weighted by Gasteiger charge is 2.25. The molecule has 0 unspecified atom stereocenters. The number of hydrogen-bond donors (Lipinski definition) is 1. The van der Waals surface area contributed by atoms with Crippen LogP contribution in [0.1, 0.15) is 63.4 Å². The first-order valence-electron chi connectivity index (χ1n) is 14.6. The third kappa shape index (κ3) is 10.7. The predicted octanol–water partition coefficient (Wildman–Crippen LogP) is 4.67. The maximum Gasteiger partial charge on any atom is 0.323 e. The quantitative estimate of drug-likeness (QED) is 0.173. The molecule has 10 heteroatoms. The molecule has 1 aromatic heterocycles. The second-order valence-electron chi connectivity index (χ2n) is 10.5. The standard InChI is InChI=1S/C30H48IN7O2/c1-6-17-37(18-7-2)19-9-10-27(30(39)40-8-3)35(4)20-25-11-13-26(14-12-25)21-38(22-28-32-15-16-33-28)23-29-34-31-24-36(29)5/h11-16,24,27H,6-10,17-23H2,1-5H3,(H,32,33)/t27-/m0/s1. The molecule has 1 atom stereocenters. The van der Waals surface area contributed by atoms with E-state index in [2.05, 4.69) is 78.9 Å². The maximum absolute atomic E-state index is 12.9. The molecular weight excluding hydrogens is 617 g/mol. The van der Waals surface area contributed by atoms with Crippen LogP contribution in [0.25, 0.3) is 0 Å². The van der Waals surface area contributed by atoms with Gasteiger partial charge < -0.3 is 19.5 Å². The first-order valence-corrected chi connectivity index (χ1v) is 16.8. The zero-order valence-corrected chi connectivity index (χ0v) is 27.1. The van der Waals surface area contributed by atoms with Crippen LogP contribution in [0.15, 0.2) is 39.9 Å². The van der Waals surface area contributed by atoms with Crippen molar-refractivity contribution in [2.24, 2.45) is 3.21 Å².